The van der Waals surface area contributed by atoms with Gasteiger partial charge in [0.15, 0.2) is 5.69 Å². The van der Waals surface area contributed by atoms with Crippen molar-refractivity contribution in [1.29, 1.82) is 0 Å². The molecule has 5 nitrogen and oxygen atoms in total. The highest BCUT2D eigenvalue weighted by Gasteiger charge is 2.10. The number of nitrogens with zero attached hydrogens (tertiary/aromatic N) is 3. The second-order valence-corrected chi connectivity index (χ2v) is 5.27. The van der Waals surface area contributed by atoms with Crippen LogP contribution in [0.3, 0.4) is 0 Å². The van der Waals surface area contributed by atoms with Crippen molar-refractivity contribution in [2.45, 2.75) is 6.42 Å². The fraction of sp³-hybridized carbons (Fsp3) is 0.133. The van der Waals surface area contributed by atoms with Crippen LogP contribution < -0.4 is 5.32 Å². The number of hydrogen-bond donors (Lipinski definition) is 1. The maximum absolute atomic E-state index is 12.0. The molecule has 0 atom stereocenters. The van der Waals surface area contributed by atoms with Crippen molar-refractivity contribution in [3.63, 3.8) is 0 Å². The highest BCUT2D eigenvalue weighted by molar-refractivity contribution is 7.07. The average molecular weight is 298 g/mol. The number of thiophene rings is 1. The number of rotatable bonds is 5. The average Bonchev–Trinajstić information content (AvgIpc) is 3.20. The summed E-state index contributed by atoms with van der Waals surface area (Å²) < 4.78 is 0. The number of hydrogen-bond acceptors (Lipinski definition) is 4. The summed E-state index contributed by atoms with van der Waals surface area (Å²) in [5.41, 5.74) is 2.38. The zero-order chi connectivity index (χ0) is 14.5. The summed E-state index contributed by atoms with van der Waals surface area (Å²) in [6, 6.07) is 11.6. The summed E-state index contributed by atoms with van der Waals surface area (Å²) in [6.45, 7) is 0.591. The number of carbonyl (C=O) groups excluding carboxylic acids is 1. The fourth-order valence-corrected chi connectivity index (χ4v) is 2.60. The predicted octanol–water partition coefficient (Wildman–Crippen LogP) is 2.30. The van der Waals surface area contributed by atoms with Crippen LogP contribution in [-0.4, -0.2) is 27.4 Å². The smallest absolute Gasteiger partial charge is 0.273 e. The third-order valence-corrected chi connectivity index (χ3v) is 3.72. The molecule has 0 radical (unpaired) electrons. The van der Waals surface area contributed by atoms with Crippen molar-refractivity contribution >= 4 is 17.2 Å². The lowest BCUT2D eigenvalue weighted by atomic mass is 10.2. The van der Waals surface area contributed by atoms with E-state index in [1.807, 2.05) is 35.7 Å². The Balaban J connectivity index is 1.59. The molecule has 0 unspecified atom stereocenters. The molecule has 21 heavy (non-hydrogen) atoms. The zero-order valence-electron chi connectivity index (χ0n) is 11.3. The summed E-state index contributed by atoms with van der Waals surface area (Å²) in [4.78, 5) is 13.4. The molecule has 3 aromatic rings. The van der Waals surface area contributed by atoms with Gasteiger partial charge in [0.2, 0.25) is 0 Å². The van der Waals surface area contributed by atoms with E-state index in [1.54, 1.807) is 11.3 Å². The molecule has 1 N–H and O–H groups in total. The van der Waals surface area contributed by atoms with Gasteiger partial charge in [0, 0.05) is 6.54 Å². The Kier molecular flexibility index (Phi) is 4.07. The molecule has 2 heterocycles. The molecule has 0 saturated heterocycles. The summed E-state index contributed by atoms with van der Waals surface area (Å²) >= 11 is 1.66. The van der Waals surface area contributed by atoms with Crippen molar-refractivity contribution in [2.24, 2.45) is 0 Å². The summed E-state index contributed by atoms with van der Waals surface area (Å²) in [5, 5.41) is 15.3. The first-order valence-corrected chi connectivity index (χ1v) is 7.54. The van der Waals surface area contributed by atoms with Gasteiger partial charge >= 0.3 is 0 Å². The topological polar surface area (TPSA) is 59.8 Å². The third kappa shape index (κ3) is 3.35. The number of para-hydroxylation sites is 1. The molecule has 2 aromatic heterocycles. The minimum Gasteiger partial charge on any atom is -0.350 e. The Morgan fingerprint density at radius 1 is 1.24 bits per heavy atom. The van der Waals surface area contributed by atoms with Gasteiger partial charge in [-0.25, -0.2) is 0 Å². The van der Waals surface area contributed by atoms with E-state index in [-0.39, 0.29) is 5.91 Å². The van der Waals surface area contributed by atoms with Gasteiger partial charge in [-0.15, -0.1) is 5.10 Å². The van der Waals surface area contributed by atoms with Crippen molar-refractivity contribution in [2.75, 3.05) is 6.54 Å². The first-order valence-electron chi connectivity index (χ1n) is 6.60. The molecule has 0 bridgehead atoms. The Morgan fingerprint density at radius 2 is 2.10 bits per heavy atom. The molecule has 1 aromatic carbocycles. The molecule has 0 saturated carbocycles. The molecule has 0 aliphatic rings. The number of aromatic nitrogens is 3. The lowest BCUT2D eigenvalue weighted by Gasteiger charge is -2.01. The van der Waals surface area contributed by atoms with Gasteiger partial charge in [-0.05, 0) is 40.9 Å². The van der Waals surface area contributed by atoms with Crippen molar-refractivity contribution < 1.29 is 4.79 Å². The van der Waals surface area contributed by atoms with Crippen LogP contribution in [0, 0.1) is 0 Å². The maximum Gasteiger partial charge on any atom is 0.273 e. The molecule has 3 rings (SSSR count). The fourth-order valence-electron chi connectivity index (χ4n) is 1.90. The van der Waals surface area contributed by atoms with Gasteiger partial charge in [0.25, 0.3) is 5.91 Å². The standard InChI is InChI=1S/C15H14N4OS/c20-15(16-8-6-12-7-9-21-11-12)14-10-17-19(18-14)13-4-2-1-3-5-13/h1-5,7,9-11H,6,8H2,(H,16,20). The number of benzene rings is 1. The number of carbonyl (C=O) groups is 1. The van der Waals surface area contributed by atoms with E-state index in [1.165, 1.54) is 16.6 Å². The van der Waals surface area contributed by atoms with Gasteiger partial charge < -0.3 is 5.32 Å². The Hall–Kier alpha value is -2.47. The van der Waals surface area contributed by atoms with Gasteiger partial charge in [-0.3, -0.25) is 4.79 Å². The normalized spacial score (nSPS) is 10.5. The minimum atomic E-state index is -0.201. The third-order valence-electron chi connectivity index (χ3n) is 2.99. The van der Waals surface area contributed by atoms with E-state index < -0.39 is 0 Å². The Bertz CT molecular complexity index is 706. The van der Waals surface area contributed by atoms with Crippen LogP contribution in [-0.2, 0) is 6.42 Å². The Labute approximate surface area is 126 Å². The Morgan fingerprint density at radius 3 is 2.86 bits per heavy atom. The van der Waals surface area contributed by atoms with Gasteiger partial charge in [-0.2, -0.15) is 21.2 Å². The van der Waals surface area contributed by atoms with Crippen LogP contribution in [0.4, 0.5) is 0 Å². The van der Waals surface area contributed by atoms with Crippen LogP contribution in [0.15, 0.2) is 53.4 Å². The molecule has 106 valence electrons. The zero-order valence-corrected chi connectivity index (χ0v) is 12.1. The lowest BCUT2D eigenvalue weighted by Crippen LogP contribution is -2.26. The summed E-state index contributed by atoms with van der Waals surface area (Å²) in [7, 11) is 0. The number of amides is 1. The highest BCUT2D eigenvalue weighted by Crippen LogP contribution is 2.06. The van der Waals surface area contributed by atoms with Crippen LogP contribution >= 0.6 is 11.3 Å². The van der Waals surface area contributed by atoms with E-state index >= 15 is 0 Å². The van der Waals surface area contributed by atoms with E-state index in [0.29, 0.717) is 12.2 Å². The number of nitrogens with one attached hydrogen (secondary N) is 1. The van der Waals surface area contributed by atoms with E-state index in [4.69, 9.17) is 0 Å². The first kappa shape index (κ1) is 13.5. The SMILES string of the molecule is O=C(NCCc1ccsc1)c1cnn(-c2ccccc2)n1. The second-order valence-electron chi connectivity index (χ2n) is 4.49. The second kappa shape index (κ2) is 6.32. The molecule has 1 amide bonds. The van der Waals surface area contributed by atoms with E-state index in [0.717, 1.165) is 12.1 Å². The monoisotopic (exact) mass is 298 g/mol. The summed E-state index contributed by atoms with van der Waals surface area (Å²) in [5.74, 6) is -0.201. The van der Waals surface area contributed by atoms with Crippen LogP contribution in [0.2, 0.25) is 0 Å². The van der Waals surface area contributed by atoms with Crippen LogP contribution in [0.1, 0.15) is 16.1 Å². The van der Waals surface area contributed by atoms with Crippen LogP contribution in [0.25, 0.3) is 5.69 Å². The summed E-state index contributed by atoms with van der Waals surface area (Å²) in [6.07, 6.45) is 2.30. The minimum absolute atomic E-state index is 0.201. The van der Waals surface area contributed by atoms with Gasteiger partial charge in [0.1, 0.15) is 0 Å². The van der Waals surface area contributed by atoms with E-state index in [9.17, 15) is 4.79 Å². The van der Waals surface area contributed by atoms with Gasteiger partial charge in [-0.1, -0.05) is 18.2 Å². The molecule has 6 heteroatoms. The first-order chi connectivity index (χ1) is 10.3. The van der Waals surface area contributed by atoms with Crippen molar-refractivity contribution in [1.82, 2.24) is 20.3 Å². The van der Waals surface area contributed by atoms with Crippen LogP contribution in [0.5, 0.6) is 0 Å². The van der Waals surface area contributed by atoms with Crippen molar-refractivity contribution in [3.8, 4) is 5.69 Å². The lowest BCUT2D eigenvalue weighted by molar-refractivity contribution is 0.0948. The largest absolute Gasteiger partial charge is 0.350 e. The molecule has 0 aliphatic heterocycles. The predicted molar refractivity (Wildman–Crippen MR) is 81.7 cm³/mol. The highest BCUT2D eigenvalue weighted by atomic mass is 32.1. The quantitative estimate of drug-likeness (QED) is 0.786. The van der Waals surface area contributed by atoms with Crippen molar-refractivity contribution in [3.05, 3.63) is 64.6 Å². The van der Waals surface area contributed by atoms with E-state index in [2.05, 4.69) is 27.0 Å². The molecular weight excluding hydrogens is 284 g/mol. The molecule has 0 spiro atoms. The molecule has 0 aliphatic carbocycles. The molecular formula is C15H14N4OS. The molecule has 0 fully saturated rings. The maximum atomic E-state index is 12.0. The van der Waals surface area contributed by atoms with Gasteiger partial charge in [0.05, 0.1) is 11.9 Å².